The first kappa shape index (κ1) is 10.2. The maximum absolute atomic E-state index is 10.5. The molecule has 1 aromatic rings. The van der Waals surface area contributed by atoms with Crippen molar-refractivity contribution in [2.75, 3.05) is 0 Å². The van der Waals surface area contributed by atoms with Crippen LogP contribution in [0.25, 0.3) is 0 Å². The zero-order valence-corrected chi connectivity index (χ0v) is 8.39. The number of hydrogen-bond donors (Lipinski definition) is 2. The first-order valence-corrected chi connectivity index (χ1v) is 5.14. The second-order valence-corrected chi connectivity index (χ2v) is 4.13. The minimum absolute atomic E-state index is 0.272. The van der Waals surface area contributed by atoms with Crippen LogP contribution in [0.2, 0.25) is 0 Å². The van der Waals surface area contributed by atoms with Crippen LogP contribution in [-0.2, 0) is 17.6 Å². The van der Waals surface area contributed by atoms with E-state index in [0.29, 0.717) is 6.42 Å². The van der Waals surface area contributed by atoms with Crippen molar-refractivity contribution in [1.82, 2.24) is 0 Å². The number of aliphatic hydroxyl groups excluding tert-OH is 1. The molecular weight excluding hydrogens is 192 g/mol. The lowest BCUT2D eigenvalue weighted by Gasteiger charge is -2.10. The Morgan fingerprint density at radius 1 is 1.33 bits per heavy atom. The van der Waals surface area contributed by atoms with Crippen LogP contribution in [0, 0.1) is 5.92 Å². The molecule has 0 aliphatic heterocycles. The fraction of sp³-hybridized carbons (Fsp3) is 0.417. The highest BCUT2D eigenvalue weighted by Gasteiger charge is 2.25. The molecule has 1 aromatic carbocycles. The molecule has 15 heavy (non-hydrogen) atoms. The first-order valence-electron chi connectivity index (χ1n) is 5.14. The quantitative estimate of drug-likeness (QED) is 0.782. The van der Waals surface area contributed by atoms with Gasteiger partial charge in [-0.1, -0.05) is 24.3 Å². The Kier molecular flexibility index (Phi) is 2.73. The number of benzene rings is 1. The molecule has 2 N–H and O–H groups in total. The molecule has 1 atom stereocenters. The summed E-state index contributed by atoms with van der Waals surface area (Å²) < 4.78 is 0. The van der Waals surface area contributed by atoms with E-state index >= 15 is 0 Å². The predicted octanol–water partition coefficient (Wildman–Crippen LogP) is 1.24. The average Bonchev–Trinajstić information content (AvgIpc) is 2.59. The smallest absolute Gasteiger partial charge is 0.332 e. The number of fused-ring (bicyclic) bond motifs is 1. The Morgan fingerprint density at radius 2 is 1.87 bits per heavy atom. The van der Waals surface area contributed by atoms with Gasteiger partial charge in [0.1, 0.15) is 0 Å². The topological polar surface area (TPSA) is 57.5 Å². The van der Waals surface area contributed by atoms with Gasteiger partial charge in [-0.2, -0.15) is 0 Å². The average molecular weight is 206 g/mol. The molecule has 1 aliphatic carbocycles. The minimum Gasteiger partial charge on any atom is -0.479 e. The summed E-state index contributed by atoms with van der Waals surface area (Å²) in [4.78, 5) is 10.5. The summed E-state index contributed by atoms with van der Waals surface area (Å²) in [6.07, 6.45) is 0.912. The number of carbonyl (C=O) groups is 1. The monoisotopic (exact) mass is 206 g/mol. The molecule has 0 radical (unpaired) electrons. The van der Waals surface area contributed by atoms with E-state index in [1.807, 2.05) is 12.1 Å². The van der Waals surface area contributed by atoms with Crippen LogP contribution in [-0.4, -0.2) is 22.3 Å². The Morgan fingerprint density at radius 3 is 2.33 bits per heavy atom. The summed E-state index contributed by atoms with van der Waals surface area (Å²) in [6.45, 7) is 0. The van der Waals surface area contributed by atoms with Crippen molar-refractivity contribution >= 4 is 5.97 Å². The largest absolute Gasteiger partial charge is 0.479 e. The lowest BCUT2D eigenvalue weighted by atomic mass is 9.98. The van der Waals surface area contributed by atoms with E-state index in [0.717, 1.165) is 12.8 Å². The molecule has 3 nitrogen and oxygen atoms in total. The molecular formula is C12H14O3. The molecule has 1 unspecified atom stereocenters. The van der Waals surface area contributed by atoms with Crippen LogP contribution >= 0.6 is 0 Å². The fourth-order valence-corrected chi connectivity index (χ4v) is 2.23. The van der Waals surface area contributed by atoms with E-state index in [1.54, 1.807) is 0 Å². The Bertz CT molecular complexity index is 348. The van der Waals surface area contributed by atoms with Crippen molar-refractivity contribution in [3.8, 4) is 0 Å². The molecule has 0 bridgehead atoms. The van der Waals surface area contributed by atoms with Crippen molar-refractivity contribution in [3.63, 3.8) is 0 Å². The van der Waals surface area contributed by atoms with Crippen LogP contribution in [0.5, 0.6) is 0 Å². The van der Waals surface area contributed by atoms with Crippen molar-refractivity contribution in [2.24, 2.45) is 5.92 Å². The molecule has 0 fully saturated rings. The highest BCUT2D eigenvalue weighted by Crippen LogP contribution is 2.29. The van der Waals surface area contributed by atoms with Crippen molar-refractivity contribution in [1.29, 1.82) is 0 Å². The number of hydrogen-bond acceptors (Lipinski definition) is 2. The summed E-state index contributed by atoms with van der Waals surface area (Å²) >= 11 is 0. The van der Waals surface area contributed by atoms with Gasteiger partial charge in [-0.3, -0.25) is 0 Å². The minimum atomic E-state index is -1.22. The van der Waals surface area contributed by atoms with Crippen LogP contribution in [0.15, 0.2) is 24.3 Å². The van der Waals surface area contributed by atoms with Crippen LogP contribution in [0.1, 0.15) is 17.5 Å². The van der Waals surface area contributed by atoms with Crippen molar-refractivity contribution < 1.29 is 15.0 Å². The molecule has 1 aliphatic rings. The van der Waals surface area contributed by atoms with Crippen LogP contribution < -0.4 is 0 Å². The molecule has 0 aromatic heterocycles. The maximum atomic E-state index is 10.5. The summed E-state index contributed by atoms with van der Waals surface area (Å²) in [5.74, 6) is -0.848. The zero-order chi connectivity index (χ0) is 10.8. The Labute approximate surface area is 88.4 Å². The van der Waals surface area contributed by atoms with E-state index in [2.05, 4.69) is 12.1 Å². The van der Waals surface area contributed by atoms with Gasteiger partial charge in [0.15, 0.2) is 6.10 Å². The molecule has 2 rings (SSSR count). The van der Waals surface area contributed by atoms with Gasteiger partial charge in [-0.25, -0.2) is 4.79 Å². The van der Waals surface area contributed by atoms with E-state index in [9.17, 15) is 9.90 Å². The van der Waals surface area contributed by atoms with Gasteiger partial charge in [-0.05, 0) is 36.3 Å². The maximum Gasteiger partial charge on any atom is 0.332 e. The molecule has 0 saturated carbocycles. The standard InChI is InChI=1S/C12H14O3/c13-11(12(14)15)7-8-5-9-3-1-2-4-10(9)6-8/h1-4,8,11,13H,5-7H2,(H,14,15). The highest BCUT2D eigenvalue weighted by atomic mass is 16.4. The third-order valence-electron chi connectivity index (χ3n) is 2.98. The van der Waals surface area contributed by atoms with E-state index in [-0.39, 0.29) is 5.92 Å². The first-order chi connectivity index (χ1) is 7.16. The molecule has 0 heterocycles. The van der Waals surface area contributed by atoms with Gasteiger partial charge < -0.3 is 10.2 Å². The summed E-state index contributed by atoms with van der Waals surface area (Å²) in [5.41, 5.74) is 2.58. The number of aliphatic carboxylic acids is 1. The van der Waals surface area contributed by atoms with Gasteiger partial charge in [-0.15, -0.1) is 0 Å². The molecule has 0 saturated heterocycles. The second-order valence-electron chi connectivity index (χ2n) is 4.13. The van der Waals surface area contributed by atoms with Crippen molar-refractivity contribution in [3.05, 3.63) is 35.4 Å². The van der Waals surface area contributed by atoms with Crippen LogP contribution in [0.4, 0.5) is 0 Å². The number of carboxylic acid groups (broad SMARTS) is 1. The number of rotatable bonds is 3. The van der Waals surface area contributed by atoms with Gasteiger partial charge in [0.05, 0.1) is 0 Å². The highest BCUT2D eigenvalue weighted by molar-refractivity contribution is 5.71. The molecule has 0 spiro atoms. The van der Waals surface area contributed by atoms with Crippen LogP contribution in [0.3, 0.4) is 0 Å². The molecule has 0 amide bonds. The number of carboxylic acids is 1. The SMILES string of the molecule is O=C(O)C(O)CC1Cc2ccccc2C1. The van der Waals surface area contributed by atoms with Gasteiger partial charge in [0.25, 0.3) is 0 Å². The van der Waals surface area contributed by atoms with E-state index in [4.69, 9.17) is 5.11 Å². The Hall–Kier alpha value is -1.35. The van der Waals surface area contributed by atoms with Gasteiger partial charge >= 0.3 is 5.97 Å². The van der Waals surface area contributed by atoms with Gasteiger partial charge in [0, 0.05) is 0 Å². The van der Waals surface area contributed by atoms with Gasteiger partial charge in [0.2, 0.25) is 0 Å². The Balaban J connectivity index is 1.99. The third kappa shape index (κ3) is 2.18. The molecule has 3 heteroatoms. The second kappa shape index (κ2) is 4.03. The van der Waals surface area contributed by atoms with E-state index in [1.165, 1.54) is 11.1 Å². The third-order valence-corrected chi connectivity index (χ3v) is 2.98. The summed E-state index contributed by atoms with van der Waals surface area (Å²) in [7, 11) is 0. The lowest BCUT2D eigenvalue weighted by molar-refractivity contribution is -0.147. The number of aliphatic hydroxyl groups is 1. The lowest BCUT2D eigenvalue weighted by Crippen LogP contribution is -2.23. The summed E-state index contributed by atoms with van der Waals surface area (Å²) in [6, 6.07) is 8.13. The summed E-state index contributed by atoms with van der Waals surface area (Å²) in [5, 5.41) is 17.9. The zero-order valence-electron chi connectivity index (χ0n) is 8.39. The molecule has 80 valence electrons. The van der Waals surface area contributed by atoms with Crippen molar-refractivity contribution in [2.45, 2.75) is 25.4 Å². The fourth-order valence-electron chi connectivity index (χ4n) is 2.23. The predicted molar refractivity (Wildman–Crippen MR) is 55.6 cm³/mol. The van der Waals surface area contributed by atoms with E-state index < -0.39 is 12.1 Å². The normalized spacial score (nSPS) is 17.4.